The van der Waals surface area contributed by atoms with E-state index in [1.165, 1.54) is 23.9 Å². The van der Waals surface area contributed by atoms with E-state index in [1.54, 1.807) is 12.1 Å². The molecule has 4 amide bonds. The predicted octanol–water partition coefficient (Wildman–Crippen LogP) is -0.134. The van der Waals surface area contributed by atoms with Gasteiger partial charge in [-0.25, -0.2) is 4.79 Å². The number of nitrogens with two attached hydrogens (primary N) is 2. The molecule has 4 unspecified atom stereocenters. The van der Waals surface area contributed by atoms with Crippen LogP contribution < -0.4 is 27.4 Å². The van der Waals surface area contributed by atoms with Crippen molar-refractivity contribution in [3.05, 3.63) is 29.8 Å². The van der Waals surface area contributed by atoms with Crippen LogP contribution in [0.15, 0.2) is 24.3 Å². The van der Waals surface area contributed by atoms with E-state index in [1.807, 2.05) is 20.1 Å². The van der Waals surface area contributed by atoms with E-state index < -0.39 is 53.8 Å². The van der Waals surface area contributed by atoms with E-state index in [-0.39, 0.29) is 43.8 Å². The summed E-state index contributed by atoms with van der Waals surface area (Å²) >= 11 is 1.45. The molecule has 0 spiro atoms. The Morgan fingerprint density at radius 1 is 0.895 bits per heavy atom. The number of benzene rings is 1. The van der Waals surface area contributed by atoms with Gasteiger partial charge < -0.3 is 37.6 Å². The first-order chi connectivity index (χ1) is 17.8. The molecule has 4 atom stereocenters. The first kappa shape index (κ1) is 32.7. The van der Waals surface area contributed by atoms with Crippen LogP contribution in [0.2, 0.25) is 0 Å². The number of hydrogen-bond acceptors (Lipinski definition) is 8. The number of nitrogens with one attached hydrogen (secondary N) is 3. The first-order valence-electron chi connectivity index (χ1n) is 12.3. The quantitative estimate of drug-likeness (QED) is 0.137. The number of primary amides is 1. The van der Waals surface area contributed by atoms with Crippen LogP contribution in [0.3, 0.4) is 0 Å². The molecule has 0 aliphatic heterocycles. The number of amides is 4. The Hall–Kier alpha value is -3.32. The number of carbonyl (C=O) groups is 5. The van der Waals surface area contributed by atoms with Crippen molar-refractivity contribution in [2.24, 2.45) is 17.4 Å². The van der Waals surface area contributed by atoms with Crippen molar-refractivity contribution < 1.29 is 34.2 Å². The Balaban J connectivity index is 3.11. The number of carboxylic acid groups (broad SMARTS) is 1. The van der Waals surface area contributed by atoms with E-state index in [0.717, 1.165) is 0 Å². The Labute approximate surface area is 226 Å². The number of carboxylic acids is 1. The van der Waals surface area contributed by atoms with Gasteiger partial charge in [-0.15, -0.1) is 0 Å². The normalized spacial score (nSPS) is 14.1. The minimum atomic E-state index is -1.18. The van der Waals surface area contributed by atoms with E-state index in [4.69, 9.17) is 11.5 Å². The minimum absolute atomic E-state index is 0.0133. The lowest BCUT2D eigenvalue weighted by atomic mass is 10.0. The van der Waals surface area contributed by atoms with Crippen LogP contribution in [0.1, 0.15) is 45.1 Å². The van der Waals surface area contributed by atoms with Gasteiger partial charge in [0.1, 0.15) is 23.9 Å². The molecule has 212 valence electrons. The van der Waals surface area contributed by atoms with Gasteiger partial charge in [-0.2, -0.15) is 11.8 Å². The molecule has 13 heteroatoms. The number of rotatable bonds is 17. The molecule has 9 N–H and O–H groups in total. The van der Waals surface area contributed by atoms with E-state index in [9.17, 15) is 34.2 Å². The molecule has 0 heterocycles. The van der Waals surface area contributed by atoms with Crippen molar-refractivity contribution >= 4 is 41.4 Å². The van der Waals surface area contributed by atoms with Gasteiger partial charge in [0.15, 0.2) is 0 Å². The number of phenols is 1. The van der Waals surface area contributed by atoms with Crippen molar-refractivity contribution in [3.8, 4) is 5.75 Å². The number of thioether (sulfide) groups is 1. The summed E-state index contributed by atoms with van der Waals surface area (Å²) in [5.41, 5.74) is 11.6. The van der Waals surface area contributed by atoms with Crippen LogP contribution in [0, 0.1) is 5.92 Å². The molecule has 12 nitrogen and oxygen atoms in total. The summed E-state index contributed by atoms with van der Waals surface area (Å²) in [6.07, 6.45) is 2.17. The summed E-state index contributed by atoms with van der Waals surface area (Å²) in [5, 5.41) is 26.8. The SMILES string of the molecule is CSCCC(NC(=O)C(Cc1ccc(O)cc1)NC(=O)C(N)CCC(N)=O)C(=O)NC(CC(C)C)C(=O)O. The summed E-state index contributed by atoms with van der Waals surface area (Å²) in [5.74, 6) is -3.25. The van der Waals surface area contributed by atoms with Crippen LogP contribution in [0.4, 0.5) is 0 Å². The van der Waals surface area contributed by atoms with Crippen LogP contribution in [-0.2, 0) is 30.4 Å². The zero-order valence-corrected chi connectivity index (χ0v) is 22.8. The number of phenolic OH excluding ortho intramolecular Hbond substituents is 1. The second-order valence-electron chi connectivity index (χ2n) is 9.41. The average molecular weight is 554 g/mol. The maximum absolute atomic E-state index is 13.3. The number of carbonyl (C=O) groups excluding carboxylic acids is 4. The summed E-state index contributed by atoms with van der Waals surface area (Å²) < 4.78 is 0. The highest BCUT2D eigenvalue weighted by atomic mass is 32.2. The van der Waals surface area contributed by atoms with Gasteiger partial charge in [-0.1, -0.05) is 26.0 Å². The molecule has 0 fully saturated rings. The maximum Gasteiger partial charge on any atom is 0.326 e. The largest absolute Gasteiger partial charge is 0.508 e. The molecule has 1 rings (SSSR count). The van der Waals surface area contributed by atoms with Gasteiger partial charge >= 0.3 is 5.97 Å². The molecular weight excluding hydrogens is 514 g/mol. The van der Waals surface area contributed by atoms with Crippen LogP contribution in [-0.4, -0.2) is 76.0 Å². The summed E-state index contributed by atoms with van der Waals surface area (Å²) in [6.45, 7) is 3.67. The predicted molar refractivity (Wildman–Crippen MR) is 144 cm³/mol. The Bertz CT molecular complexity index is 958. The Kier molecular flexibility index (Phi) is 14.2. The summed E-state index contributed by atoms with van der Waals surface area (Å²) in [7, 11) is 0. The molecule has 0 aliphatic rings. The topological polar surface area (TPSA) is 214 Å². The highest BCUT2D eigenvalue weighted by Crippen LogP contribution is 2.13. The lowest BCUT2D eigenvalue weighted by Gasteiger charge is -2.25. The summed E-state index contributed by atoms with van der Waals surface area (Å²) in [4.78, 5) is 61.7. The number of aromatic hydroxyl groups is 1. The molecule has 1 aromatic carbocycles. The number of hydrogen-bond donors (Lipinski definition) is 7. The fourth-order valence-corrected chi connectivity index (χ4v) is 4.00. The number of aliphatic carboxylic acids is 1. The molecule has 1 aromatic rings. The third-order valence-corrected chi connectivity index (χ3v) is 6.26. The highest BCUT2D eigenvalue weighted by Gasteiger charge is 2.30. The van der Waals surface area contributed by atoms with Crippen molar-refractivity contribution in [1.29, 1.82) is 0 Å². The Morgan fingerprint density at radius 2 is 1.45 bits per heavy atom. The van der Waals surface area contributed by atoms with Gasteiger partial charge in [-0.05, 0) is 54.9 Å². The second kappa shape index (κ2) is 16.5. The molecule has 0 saturated heterocycles. The molecular formula is C25H39N5O7S. The molecule has 0 radical (unpaired) electrons. The molecule has 0 saturated carbocycles. The minimum Gasteiger partial charge on any atom is -0.508 e. The van der Waals surface area contributed by atoms with Crippen LogP contribution in [0.25, 0.3) is 0 Å². The Morgan fingerprint density at radius 3 is 1.97 bits per heavy atom. The third-order valence-electron chi connectivity index (χ3n) is 5.61. The fourth-order valence-electron chi connectivity index (χ4n) is 3.53. The van der Waals surface area contributed by atoms with Gasteiger partial charge in [0, 0.05) is 12.8 Å². The third kappa shape index (κ3) is 12.3. The standard InChI is InChI=1S/C25H39N5O7S/c1-14(2)12-20(25(36)37)30-23(34)18(10-11-38-3)28-24(35)19(13-15-4-6-16(31)7-5-15)29-22(33)17(26)8-9-21(27)32/h4-7,14,17-20,31H,8-13,26H2,1-3H3,(H2,27,32)(H,28,35)(H,29,33)(H,30,34)(H,36,37). The molecule has 0 bridgehead atoms. The van der Waals surface area contributed by atoms with Crippen molar-refractivity contribution in [2.45, 2.75) is 70.1 Å². The van der Waals surface area contributed by atoms with Crippen LogP contribution in [0.5, 0.6) is 5.75 Å². The van der Waals surface area contributed by atoms with E-state index in [2.05, 4.69) is 16.0 Å². The summed E-state index contributed by atoms with van der Waals surface area (Å²) in [6, 6.07) is 1.61. The molecule has 0 aromatic heterocycles. The fraction of sp³-hybridized carbons (Fsp3) is 0.560. The van der Waals surface area contributed by atoms with Gasteiger partial charge in [0.2, 0.25) is 23.6 Å². The van der Waals surface area contributed by atoms with Crippen molar-refractivity contribution in [2.75, 3.05) is 12.0 Å². The van der Waals surface area contributed by atoms with Gasteiger partial charge in [0.05, 0.1) is 6.04 Å². The van der Waals surface area contributed by atoms with Crippen LogP contribution >= 0.6 is 11.8 Å². The maximum atomic E-state index is 13.3. The van der Waals surface area contributed by atoms with E-state index >= 15 is 0 Å². The monoisotopic (exact) mass is 553 g/mol. The zero-order valence-electron chi connectivity index (χ0n) is 21.9. The zero-order chi connectivity index (χ0) is 28.8. The average Bonchev–Trinajstić information content (AvgIpc) is 2.84. The molecule has 0 aliphatic carbocycles. The van der Waals surface area contributed by atoms with Gasteiger partial charge in [0.25, 0.3) is 0 Å². The second-order valence-corrected chi connectivity index (χ2v) is 10.4. The lowest BCUT2D eigenvalue weighted by molar-refractivity contribution is -0.142. The smallest absolute Gasteiger partial charge is 0.326 e. The van der Waals surface area contributed by atoms with Gasteiger partial charge in [-0.3, -0.25) is 19.2 Å². The highest BCUT2D eigenvalue weighted by molar-refractivity contribution is 7.98. The van der Waals surface area contributed by atoms with Crippen molar-refractivity contribution in [3.63, 3.8) is 0 Å². The lowest BCUT2D eigenvalue weighted by Crippen LogP contribution is -2.57. The first-order valence-corrected chi connectivity index (χ1v) is 13.7. The van der Waals surface area contributed by atoms with E-state index in [0.29, 0.717) is 11.3 Å². The molecule has 38 heavy (non-hydrogen) atoms. The van der Waals surface area contributed by atoms with Crippen molar-refractivity contribution in [1.82, 2.24) is 16.0 Å².